The fourth-order valence-corrected chi connectivity index (χ4v) is 2.44. The first-order valence-electron chi connectivity index (χ1n) is 5.70. The molecule has 0 aliphatic rings. The Morgan fingerprint density at radius 3 is 2.50 bits per heavy atom. The molecule has 1 unspecified atom stereocenters. The van der Waals surface area contributed by atoms with Crippen LogP contribution in [-0.4, -0.2) is 11.9 Å². The Bertz CT molecular complexity index is 441. The summed E-state index contributed by atoms with van der Waals surface area (Å²) < 4.78 is 1.80. The summed E-state index contributed by atoms with van der Waals surface area (Å²) in [7, 11) is 0. The van der Waals surface area contributed by atoms with Crippen LogP contribution in [0.15, 0.2) is 27.1 Å². The maximum atomic E-state index is 11.9. The minimum Gasteiger partial charge on any atom is -0.327 e. The van der Waals surface area contributed by atoms with Gasteiger partial charge in [-0.25, -0.2) is 0 Å². The van der Waals surface area contributed by atoms with Crippen molar-refractivity contribution in [1.29, 1.82) is 0 Å². The standard InChI is InChI=1S/C13H18Br2N2O/c1-13(2,3)11(16)7-12(18)17-10-5-4-8(14)6-9(10)15/h4-6,11H,7,16H2,1-3H3,(H,17,18). The number of nitrogens with two attached hydrogens (primary N) is 1. The van der Waals surface area contributed by atoms with Gasteiger partial charge in [-0.15, -0.1) is 0 Å². The summed E-state index contributed by atoms with van der Waals surface area (Å²) in [6, 6.07) is 5.45. The number of amides is 1. The molecule has 100 valence electrons. The molecule has 1 aromatic rings. The van der Waals surface area contributed by atoms with Crippen molar-refractivity contribution in [1.82, 2.24) is 0 Å². The summed E-state index contributed by atoms with van der Waals surface area (Å²) in [4.78, 5) is 11.9. The molecular weight excluding hydrogens is 360 g/mol. The molecule has 3 N–H and O–H groups in total. The number of benzene rings is 1. The predicted molar refractivity (Wildman–Crippen MR) is 82.5 cm³/mol. The monoisotopic (exact) mass is 376 g/mol. The lowest BCUT2D eigenvalue weighted by molar-refractivity contribution is -0.117. The first kappa shape index (κ1) is 15.7. The van der Waals surface area contributed by atoms with Gasteiger partial charge in [0.15, 0.2) is 0 Å². The zero-order chi connectivity index (χ0) is 13.9. The third kappa shape index (κ3) is 4.71. The van der Waals surface area contributed by atoms with Crippen molar-refractivity contribution in [3.8, 4) is 0 Å². The molecule has 0 radical (unpaired) electrons. The number of anilines is 1. The molecule has 18 heavy (non-hydrogen) atoms. The van der Waals surface area contributed by atoms with Crippen LogP contribution in [0.4, 0.5) is 5.69 Å². The highest BCUT2D eigenvalue weighted by Gasteiger charge is 2.23. The van der Waals surface area contributed by atoms with Crippen LogP contribution in [-0.2, 0) is 4.79 Å². The van der Waals surface area contributed by atoms with Crippen LogP contribution in [0.3, 0.4) is 0 Å². The van der Waals surface area contributed by atoms with Crippen molar-refractivity contribution in [2.75, 3.05) is 5.32 Å². The lowest BCUT2D eigenvalue weighted by Crippen LogP contribution is -2.38. The van der Waals surface area contributed by atoms with Crippen LogP contribution in [0.5, 0.6) is 0 Å². The summed E-state index contributed by atoms with van der Waals surface area (Å²) in [5.74, 6) is -0.0690. The second kappa shape index (κ2) is 6.17. The van der Waals surface area contributed by atoms with Crippen molar-refractivity contribution in [3.05, 3.63) is 27.1 Å². The zero-order valence-corrected chi connectivity index (χ0v) is 13.9. The normalized spacial score (nSPS) is 13.2. The average Bonchev–Trinajstić information content (AvgIpc) is 2.20. The number of hydrogen-bond acceptors (Lipinski definition) is 2. The van der Waals surface area contributed by atoms with Gasteiger partial charge < -0.3 is 11.1 Å². The Balaban J connectivity index is 2.65. The van der Waals surface area contributed by atoms with Gasteiger partial charge in [-0.1, -0.05) is 36.7 Å². The Morgan fingerprint density at radius 2 is 2.00 bits per heavy atom. The van der Waals surface area contributed by atoms with Gasteiger partial charge in [-0.2, -0.15) is 0 Å². The van der Waals surface area contributed by atoms with Crippen LogP contribution in [0.1, 0.15) is 27.2 Å². The molecule has 0 saturated heterocycles. The summed E-state index contributed by atoms with van der Waals surface area (Å²) >= 11 is 6.77. The van der Waals surface area contributed by atoms with Crippen molar-refractivity contribution in [3.63, 3.8) is 0 Å². The Labute approximate surface area is 125 Å². The van der Waals surface area contributed by atoms with Gasteiger partial charge in [0.25, 0.3) is 0 Å². The Morgan fingerprint density at radius 1 is 1.39 bits per heavy atom. The third-order valence-electron chi connectivity index (χ3n) is 2.72. The molecule has 5 heteroatoms. The van der Waals surface area contributed by atoms with E-state index in [0.29, 0.717) is 6.42 Å². The van der Waals surface area contributed by atoms with Crippen LogP contribution in [0.25, 0.3) is 0 Å². The van der Waals surface area contributed by atoms with E-state index in [1.807, 2.05) is 39.0 Å². The van der Waals surface area contributed by atoms with Gasteiger partial charge in [0.2, 0.25) is 5.91 Å². The highest BCUT2D eigenvalue weighted by Crippen LogP contribution is 2.27. The number of rotatable bonds is 3. The first-order chi connectivity index (χ1) is 8.20. The topological polar surface area (TPSA) is 55.1 Å². The second-order valence-corrected chi connectivity index (χ2v) is 7.12. The van der Waals surface area contributed by atoms with Crippen molar-refractivity contribution in [2.45, 2.75) is 33.2 Å². The molecule has 0 fully saturated rings. The van der Waals surface area contributed by atoms with Crippen molar-refractivity contribution < 1.29 is 4.79 Å². The molecular formula is C13H18Br2N2O. The molecule has 1 aromatic carbocycles. The largest absolute Gasteiger partial charge is 0.327 e. The number of nitrogens with one attached hydrogen (secondary N) is 1. The molecule has 1 amide bonds. The maximum absolute atomic E-state index is 11.9. The minimum absolute atomic E-state index is 0.0690. The molecule has 0 bridgehead atoms. The summed E-state index contributed by atoms with van der Waals surface area (Å²) in [6.45, 7) is 6.08. The van der Waals surface area contributed by atoms with Crippen LogP contribution in [0, 0.1) is 5.41 Å². The van der Waals surface area contributed by atoms with Gasteiger partial charge in [0, 0.05) is 21.4 Å². The third-order valence-corrected chi connectivity index (χ3v) is 3.87. The van der Waals surface area contributed by atoms with Gasteiger partial charge >= 0.3 is 0 Å². The van der Waals surface area contributed by atoms with E-state index in [1.54, 1.807) is 0 Å². The molecule has 0 heterocycles. The average molecular weight is 378 g/mol. The summed E-state index contributed by atoms with van der Waals surface area (Å²) in [5.41, 5.74) is 6.67. The van der Waals surface area contributed by atoms with Gasteiger partial charge in [-0.3, -0.25) is 4.79 Å². The number of carbonyl (C=O) groups excluding carboxylic acids is 1. The fourth-order valence-electron chi connectivity index (χ4n) is 1.30. The van der Waals surface area contributed by atoms with Gasteiger partial charge in [-0.05, 0) is 39.5 Å². The minimum atomic E-state index is -0.160. The fraction of sp³-hybridized carbons (Fsp3) is 0.462. The lowest BCUT2D eigenvalue weighted by Gasteiger charge is -2.26. The van der Waals surface area contributed by atoms with Crippen molar-refractivity contribution >= 4 is 43.5 Å². The van der Waals surface area contributed by atoms with E-state index in [0.717, 1.165) is 14.6 Å². The molecule has 0 aliphatic carbocycles. The quantitative estimate of drug-likeness (QED) is 0.838. The molecule has 3 nitrogen and oxygen atoms in total. The van der Waals surface area contributed by atoms with Crippen molar-refractivity contribution in [2.24, 2.45) is 11.1 Å². The van der Waals surface area contributed by atoms with E-state index in [4.69, 9.17) is 5.73 Å². The molecule has 1 rings (SSSR count). The van der Waals surface area contributed by atoms with E-state index in [-0.39, 0.29) is 17.4 Å². The second-order valence-electron chi connectivity index (χ2n) is 5.35. The Kier molecular flexibility index (Phi) is 5.37. The molecule has 0 spiro atoms. The zero-order valence-electron chi connectivity index (χ0n) is 10.8. The van der Waals surface area contributed by atoms with Crippen LogP contribution in [0.2, 0.25) is 0 Å². The van der Waals surface area contributed by atoms with E-state index in [2.05, 4.69) is 37.2 Å². The molecule has 0 aromatic heterocycles. The SMILES string of the molecule is CC(C)(C)C(N)CC(=O)Nc1ccc(Br)cc1Br. The highest BCUT2D eigenvalue weighted by atomic mass is 79.9. The van der Waals surface area contributed by atoms with E-state index in [9.17, 15) is 4.79 Å². The van der Waals surface area contributed by atoms with Gasteiger partial charge in [0.05, 0.1) is 5.69 Å². The van der Waals surface area contributed by atoms with Gasteiger partial charge in [0.1, 0.15) is 0 Å². The van der Waals surface area contributed by atoms with Crippen LogP contribution >= 0.6 is 31.9 Å². The molecule has 1 atom stereocenters. The Hall–Kier alpha value is -0.390. The van der Waals surface area contributed by atoms with E-state index in [1.165, 1.54) is 0 Å². The van der Waals surface area contributed by atoms with E-state index < -0.39 is 0 Å². The maximum Gasteiger partial charge on any atom is 0.225 e. The summed E-state index contributed by atoms with van der Waals surface area (Å²) in [6.07, 6.45) is 0.312. The van der Waals surface area contributed by atoms with Crippen LogP contribution < -0.4 is 11.1 Å². The summed E-state index contributed by atoms with van der Waals surface area (Å²) in [5, 5.41) is 2.85. The smallest absolute Gasteiger partial charge is 0.225 e. The molecule has 0 saturated carbocycles. The first-order valence-corrected chi connectivity index (χ1v) is 7.29. The molecule has 0 aliphatic heterocycles. The number of hydrogen-bond donors (Lipinski definition) is 2. The predicted octanol–water partition coefficient (Wildman–Crippen LogP) is 3.91. The number of halogens is 2. The van der Waals surface area contributed by atoms with E-state index >= 15 is 0 Å². The number of carbonyl (C=O) groups is 1. The highest BCUT2D eigenvalue weighted by molar-refractivity contribution is 9.11. The lowest BCUT2D eigenvalue weighted by atomic mass is 9.85.